The van der Waals surface area contributed by atoms with E-state index in [1.807, 2.05) is 23.6 Å². The number of likely N-dealkylation sites (N-methyl/N-ethyl adjacent to an activating group) is 1. The number of aromatic nitrogens is 1. The van der Waals surface area contributed by atoms with E-state index in [0.717, 1.165) is 18.6 Å². The van der Waals surface area contributed by atoms with Crippen molar-refractivity contribution in [1.29, 1.82) is 0 Å². The van der Waals surface area contributed by atoms with Crippen LogP contribution < -0.4 is 4.90 Å². The zero-order valence-corrected chi connectivity index (χ0v) is 16.1. The quantitative estimate of drug-likeness (QED) is 0.648. The van der Waals surface area contributed by atoms with Gasteiger partial charge in [-0.25, -0.2) is 0 Å². The van der Waals surface area contributed by atoms with E-state index in [1.54, 1.807) is 0 Å². The second-order valence-corrected chi connectivity index (χ2v) is 8.83. The molecule has 0 spiro atoms. The van der Waals surface area contributed by atoms with Crippen LogP contribution in [0.25, 0.3) is 10.2 Å². The minimum Gasteiger partial charge on any atom is -0.372 e. The molecule has 1 aromatic carbocycles. The molecule has 134 valence electrons. The first-order valence-electron chi connectivity index (χ1n) is 9.69. The third-order valence-electron chi connectivity index (χ3n) is 5.81. The zero-order chi connectivity index (χ0) is 17.5. The third kappa shape index (κ3) is 2.91. The molecule has 1 atom stereocenters. The highest BCUT2D eigenvalue weighted by Crippen LogP contribution is 2.39. The van der Waals surface area contributed by atoms with Crippen molar-refractivity contribution in [2.24, 2.45) is 0 Å². The molecule has 3 nitrogen and oxygen atoms in total. The van der Waals surface area contributed by atoms with Gasteiger partial charge in [0.15, 0.2) is 0 Å². The van der Waals surface area contributed by atoms with Crippen molar-refractivity contribution in [3.05, 3.63) is 58.6 Å². The molecule has 0 saturated carbocycles. The lowest BCUT2D eigenvalue weighted by molar-refractivity contribution is 0.296. The van der Waals surface area contributed by atoms with Gasteiger partial charge in [-0.3, -0.25) is 4.98 Å². The van der Waals surface area contributed by atoms with Crippen LogP contribution in [0.15, 0.2) is 42.6 Å². The van der Waals surface area contributed by atoms with Gasteiger partial charge in [0.2, 0.25) is 0 Å². The summed E-state index contributed by atoms with van der Waals surface area (Å²) in [5, 5.41) is 0. The molecule has 4 heterocycles. The lowest BCUT2D eigenvalue weighted by Gasteiger charge is -2.34. The highest BCUT2D eigenvalue weighted by atomic mass is 32.1. The first-order valence-corrected chi connectivity index (χ1v) is 10.5. The van der Waals surface area contributed by atoms with Gasteiger partial charge in [-0.15, -0.1) is 11.3 Å². The number of pyridine rings is 1. The molecule has 2 aromatic heterocycles. The summed E-state index contributed by atoms with van der Waals surface area (Å²) in [5.41, 5.74) is 5.55. The van der Waals surface area contributed by atoms with Crippen LogP contribution >= 0.6 is 11.3 Å². The molecule has 26 heavy (non-hydrogen) atoms. The normalized spacial score (nSPS) is 21.1. The summed E-state index contributed by atoms with van der Waals surface area (Å²) in [6.07, 6.45) is 5.93. The van der Waals surface area contributed by atoms with Gasteiger partial charge in [-0.1, -0.05) is 6.07 Å². The number of hydrogen-bond donors (Lipinski definition) is 0. The second-order valence-electron chi connectivity index (χ2n) is 7.72. The maximum atomic E-state index is 4.54. The fourth-order valence-electron chi connectivity index (χ4n) is 4.49. The number of nitrogens with zero attached hydrogens (tertiary/aromatic N) is 3. The molecule has 0 amide bonds. The van der Waals surface area contributed by atoms with Crippen molar-refractivity contribution >= 4 is 27.2 Å². The Balaban J connectivity index is 1.53. The Bertz CT molecular complexity index is 893. The molecule has 0 N–H and O–H groups in total. The Morgan fingerprint density at radius 3 is 2.81 bits per heavy atom. The Kier molecular flexibility index (Phi) is 4.18. The molecule has 2 aliphatic heterocycles. The van der Waals surface area contributed by atoms with Crippen molar-refractivity contribution in [1.82, 2.24) is 9.88 Å². The number of rotatable bonds is 2. The van der Waals surface area contributed by atoms with Gasteiger partial charge in [-0.2, -0.15) is 0 Å². The van der Waals surface area contributed by atoms with E-state index < -0.39 is 0 Å². The fourth-order valence-corrected chi connectivity index (χ4v) is 5.62. The number of piperidine rings is 1. The summed E-state index contributed by atoms with van der Waals surface area (Å²) in [6, 6.07) is 13.7. The van der Waals surface area contributed by atoms with E-state index >= 15 is 0 Å². The summed E-state index contributed by atoms with van der Waals surface area (Å²) >= 11 is 1.90. The van der Waals surface area contributed by atoms with Gasteiger partial charge < -0.3 is 9.80 Å². The maximum Gasteiger partial charge on any atom is 0.0812 e. The van der Waals surface area contributed by atoms with Crippen LogP contribution in [0, 0.1) is 0 Å². The third-order valence-corrected chi connectivity index (χ3v) is 7.01. The standard InChI is InChI=1S/C22H25N3S/c1-24-14-16-12-17(25-10-3-2-4-11-25)7-8-18(16)19(15-24)22-13-20-21(26-22)6-5-9-23-20/h5-9,12-13,19H,2-4,10-11,14-15H2,1H3. The Morgan fingerprint density at radius 1 is 1.08 bits per heavy atom. The predicted octanol–water partition coefficient (Wildman–Crippen LogP) is 4.86. The van der Waals surface area contributed by atoms with Crippen molar-refractivity contribution in [2.75, 3.05) is 31.6 Å². The highest BCUT2D eigenvalue weighted by Gasteiger charge is 2.27. The molecule has 1 fully saturated rings. The summed E-state index contributed by atoms with van der Waals surface area (Å²) < 4.78 is 1.29. The molecule has 0 radical (unpaired) electrons. The van der Waals surface area contributed by atoms with Crippen molar-refractivity contribution in [2.45, 2.75) is 31.7 Å². The Labute approximate surface area is 159 Å². The fraction of sp³-hybridized carbons (Fsp3) is 0.409. The van der Waals surface area contributed by atoms with E-state index in [-0.39, 0.29) is 0 Å². The van der Waals surface area contributed by atoms with Crippen LogP contribution in [0.4, 0.5) is 5.69 Å². The zero-order valence-electron chi connectivity index (χ0n) is 15.3. The summed E-state index contributed by atoms with van der Waals surface area (Å²) in [5.74, 6) is 0.457. The molecule has 1 unspecified atom stereocenters. The van der Waals surface area contributed by atoms with Crippen molar-refractivity contribution in [3.8, 4) is 0 Å². The van der Waals surface area contributed by atoms with Gasteiger partial charge in [-0.05, 0) is 67.8 Å². The monoisotopic (exact) mass is 363 g/mol. The van der Waals surface area contributed by atoms with Crippen LogP contribution in [0.1, 0.15) is 41.2 Å². The molecule has 0 bridgehead atoms. The largest absolute Gasteiger partial charge is 0.372 e. The molecular weight excluding hydrogens is 338 g/mol. The summed E-state index contributed by atoms with van der Waals surface area (Å²) in [7, 11) is 2.25. The molecule has 4 heteroatoms. The van der Waals surface area contributed by atoms with Gasteiger partial charge in [0, 0.05) is 48.9 Å². The van der Waals surface area contributed by atoms with Gasteiger partial charge in [0.1, 0.15) is 0 Å². The van der Waals surface area contributed by atoms with E-state index in [9.17, 15) is 0 Å². The second kappa shape index (κ2) is 6.67. The average molecular weight is 364 g/mol. The topological polar surface area (TPSA) is 19.4 Å². The number of fused-ring (bicyclic) bond motifs is 2. The van der Waals surface area contributed by atoms with E-state index in [2.05, 4.69) is 52.2 Å². The molecular formula is C22H25N3S. The van der Waals surface area contributed by atoms with Crippen LogP contribution in [-0.2, 0) is 6.54 Å². The molecule has 3 aromatic rings. The first kappa shape index (κ1) is 16.3. The number of thiophene rings is 1. The van der Waals surface area contributed by atoms with E-state index in [0.29, 0.717) is 5.92 Å². The molecule has 1 saturated heterocycles. The van der Waals surface area contributed by atoms with Crippen molar-refractivity contribution in [3.63, 3.8) is 0 Å². The van der Waals surface area contributed by atoms with Gasteiger partial charge in [0.05, 0.1) is 10.2 Å². The Morgan fingerprint density at radius 2 is 1.96 bits per heavy atom. The van der Waals surface area contributed by atoms with Crippen LogP contribution in [0.2, 0.25) is 0 Å². The van der Waals surface area contributed by atoms with E-state index in [4.69, 9.17) is 0 Å². The number of benzene rings is 1. The summed E-state index contributed by atoms with van der Waals surface area (Å²) in [6.45, 7) is 4.56. The van der Waals surface area contributed by atoms with Crippen LogP contribution in [0.3, 0.4) is 0 Å². The van der Waals surface area contributed by atoms with Gasteiger partial charge in [0.25, 0.3) is 0 Å². The predicted molar refractivity (Wildman–Crippen MR) is 110 cm³/mol. The maximum absolute atomic E-state index is 4.54. The smallest absolute Gasteiger partial charge is 0.0812 e. The molecule has 0 aliphatic carbocycles. The lowest BCUT2D eigenvalue weighted by atomic mass is 9.88. The highest BCUT2D eigenvalue weighted by molar-refractivity contribution is 7.19. The lowest BCUT2D eigenvalue weighted by Crippen LogP contribution is -2.32. The van der Waals surface area contributed by atoms with E-state index in [1.165, 1.54) is 58.7 Å². The number of anilines is 1. The van der Waals surface area contributed by atoms with Crippen LogP contribution in [-0.4, -0.2) is 36.6 Å². The van der Waals surface area contributed by atoms with Crippen LogP contribution in [0.5, 0.6) is 0 Å². The first-order chi connectivity index (χ1) is 12.8. The average Bonchev–Trinajstić information content (AvgIpc) is 3.11. The molecule has 2 aliphatic rings. The Hall–Kier alpha value is -1.91. The van der Waals surface area contributed by atoms with Gasteiger partial charge >= 0.3 is 0 Å². The molecule has 5 rings (SSSR count). The van der Waals surface area contributed by atoms with Crippen molar-refractivity contribution < 1.29 is 0 Å². The summed E-state index contributed by atoms with van der Waals surface area (Å²) in [4.78, 5) is 11.0. The number of hydrogen-bond acceptors (Lipinski definition) is 4. The minimum atomic E-state index is 0.457. The minimum absolute atomic E-state index is 0.457. The SMILES string of the molecule is CN1Cc2cc(N3CCCCC3)ccc2C(c2cc3ncccc3s2)C1.